The van der Waals surface area contributed by atoms with Gasteiger partial charge in [0.1, 0.15) is 0 Å². The summed E-state index contributed by atoms with van der Waals surface area (Å²) >= 11 is 0. The highest BCUT2D eigenvalue weighted by Crippen LogP contribution is 2.45. The van der Waals surface area contributed by atoms with Crippen molar-refractivity contribution in [1.82, 2.24) is 0 Å². The van der Waals surface area contributed by atoms with E-state index in [0.717, 1.165) is 18.7 Å². The van der Waals surface area contributed by atoms with E-state index in [-0.39, 0.29) is 24.2 Å². The van der Waals surface area contributed by atoms with Crippen molar-refractivity contribution in [2.24, 2.45) is 5.92 Å². The van der Waals surface area contributed by atoms with Crippen molar-refractivity contribution in [1.29, 1.82) is 0 Å². The maximum Gasteiger partial charge on any atom is 0.0855 e. The molecule has 1 aliphatic rings. The third-order valence-electron chi connectivity index (χ3n) is 3.51. The van der Waals surface area contributed by atoms with Crippen molar-refractivity contribution in [3.8, 4) is 0 Å². The predicted molar refractivity (Wildman–Crippen MR) is 90.0 cm³/mol. The summed E-state index contributed by atoms with van der Waals surface area (Å²) in [6, 6.07) is 0. The molecule has 2 nitrogen and oxygen atoms in total. The Balaban J connectivity index is 2.70. The smallest absolute Gasteiger partial charge is 0.0855 e. The fourth-order valence-electron chi connectivity index (χ4n) is 2.58. The molecule has 0 aromatic carbocycles. The van der Waals surface area contributed by atoms with Crippen molar-refractivity contribution in [3.63, 3.8) is 0 Å². The van der Waals surface area contributed by atoms with Gasteiger partial charge in [0.2, 0.25) is 0 Å². The highest BCUT2D eigenvalue weighted by Gasteiger charge is 2.41. The minimum absolute atomic E-state index is 0.0298. The summed E-state index contributed by atoms with van der Waals surface area (Å²) in [4.78, 5) is 0. The molecule has 0 aromatic heterocycles. The first-order valence-corrected chi connectivity index (χ1v) is 12.8. The number of aliphatic hydroxyl groups excluding tert-OH is 1. The highest BCUT2D eigenvalue weighted by atomic mass is 31.2. The Bertz CT molecular complexity index is 366. The Labute approximate surface area is 113 Å². The van der Waals surface area contributed by atoms with Crippen LogP contribution < -0.4 is 0 Å². The van der Waals surface area contributed by atoms with Crippen molar-refractivity contribution < 1.29 is 9.84 Å². The molecule has 1 aliphatic heterocycles. The molecule has 4 heteroatoms. The molecule has 0 saturated carbocycles. The quantitative estimate of drug-likeness (QED) is 0.789. The van der Waals surface area contributed by atoms with Crippen LogP contribution >= 0.6 is 13.8 Å². The molecule has 0 spiro atoms. The van der Waals surface area contributed by atoms with E-state index < -0.39 is 13.8 Å². The minimum Gasteiger partial charge on any atom is -0.390 e. The Morgan fingerprint density at radius 1 is 1.11 bits per heavy atom. The van der Waals surface area contributed by atoms with Gasteiger partial charge in [-0.15, -0.1) is 26.4 Å². The Morgan fingerprint density at radius 3 is 2.11 bits per heavy atom. The molecule has 0 bridgehead atoms. The number of aliphatic hydroxyl groups is 1. The lowest BCUT2D eigenvalue weighted by molar-refractivity contribution is 0.0213. The average molecular weight is 292 g/mol. The second-order valence-corrected chi connectivity index (χ2v) is 15.7. The van der Waals surface area contributed by atoms with E-state index in [0.29, 0.717) is 0 Å². The van der Waals surface area contributed by atoms with Crippen LogP contribution in [0, 0.1) is 5.92 Å². The van der Waals surface area contributed by atoms with Crippen LogP contribution in [0.1, 0.15) is 13.3 Å². The number of hydrogen-bond acceptors (Lipinski definition) is 2. The zero-order chi connectivity index (χ0) is 14.1. The van der Waals surface area contributed by atoms with E-state index in [1.807, 2.05) is 6.92 Å². The molecule has 1 saturated heterocycles. The van der Waals surface area contributed by atoms with E-state index in [1.54, 1.807) is 0 Å². The zero-order valence-corrected chi connectivity index (χ0v) is 14.4. The van der Waals surface area contributed by atoms with Crippen molar-refractivity contribution in [3.05, 3.63) is 0 Å². The molecule has 0 aliphatic carbocycles. The van der Waals surface area contributed by atoms with Gasteiger partial charge >= 0.3 is 0 Å². The average Bonchev–Trinajstić information content (AvgIpc) is 2.39. The van der Waals surface area contributed by atoms with Crippen LogP contribution in [0.4, 0.5) is 0 Å². The largest absolute Gasteiger partial charge is 0.390 e. The fourth-order valence-corrected chi connectivity index (χ4v) is 5.13. The first-order chi connectivity index (χ1) is 7.99. The number of hydrogen-bond donors (Lipinski definition) is 1. The first kappa shape index (κ1) is 16.6. The summed E-state index contributed by atoms with van der Waals surface area (Å²) in [6.07, 6.45) is 11.6. The molecule has 0 aromatic rings. The molecule has 4 atom stereocenters. The normalized spacial score (nSPS) is 33.9. The van der Waals surface area contributed by atoms with Crippen LogP contribution in [0.2, 0.25) is 0 Å². The fraction of sp³-hybridized carbons (Fsp3) is 0.857. The van der Waals surface area contributed by atoms with Gasteiger partial charge in [-0.25, -0.2) is 0 Å². The van der Waals surface area contributed by atoms with Gasteiger partial charge in [-0.05, 0) is 52.3 Å². The van der Waals surface area contributed by atoms with Crippen LogP contribution in [-0.4, -0.2) is 75.0 Å². The molecular formula is C14H30O2P2. The molecule has 18 heavy (non-hydrogen) atoms. The van der Waals surface area contributed by atoms with Gasteiger partial charge in [-0.3, -0.25) is 0 Å². The van der Waals surface area contributed by atoms with Crippen LogP contribution in [0.5, 0.6) is 0 Å². The van der Waals surface area contributed by atoms with Gasteiger partial charge in [0.25, 0.3) is 0 Å². The summed E-state index contributed by atoms with van der Waals surface area (Å²) in [6.45, 7) is 8.84. The maximum absolute atomic E-state index is 10.3. The monoisotopic (exact) mass is 292 g/mol. The Kier molecular flexibility index (Phi) is 5.41. The van der Waals surface area contributed by atoms with E-state index >= 15 is 0 Å². The summed E-state index contributed by atoms with van der Waals surface area (Å²) in [5.74, 6) is 0.271. The summed E-state index contributed by atoms with van der Waals surface area (Å²) in [5, 5.41) is 10.3. The van der Waals surface area contributed by atoms with Crippen molar-refractivity contribution >= 4 is 26.4 Å². The van der Waals surface area contributed by atoms with Gasteiger partial charge < -0.3 is 9.84 Å². The Morgan fingerprint density at radius 2 is 1.67 bits per heavy atom. The van der Waals surface area contributed by atoms with Crippen LogP contribution in [0.25, 0.3) is 0 Å². The zero-order valence-electron chi connectivity index (χ0n) is 12.6. The summed E-state index contributed by atoms with van der Waals surface area (Å²) < 4.78 is 5.96. The third kappa shape index (κ3) is 5.25. The summed E-state index contributed by atoms with van der Waals surface area (Å²) in [7, 11) is 0. The number of ether oxygens (including phenoxy) is 1. The van der Waals surface area contributed by atoms with E-state index in [2.05, 4.69) is 39.3 Å². The van der Waals surface area contributed by atoms with Gasteiger partial charge in [-0.2, -0.15) is 0 Å². The van der Waals surface area contributed by atoms with Crippen molar-refractivity contribution in [2.75, 3.05) is 39.0 Å². The molecule has 4 unspecified atom stereocenters. The molecule has 0 radical (unpaired) electrons. The lowest BCUT2D eigenvalue weighted by Gasteiger charge is -2.26. The Hall–Kier alpha value is 0.520. The van der Waals surface area contributed by atoms with Gasteiger partial charge in [0, 0.05) is 5.92 Å². The van der Waals surface area contributed by atoms with Gasteiger partial charge in [0.05, 0.1) is 18.3 Å². The number of rotatable bonds is 5. The standard InChI is InChI=1S/C14H30O2P2/c1-11-14(15)12(10-18(5,6)7)13(16-11)8-9-17(2,3)4/h11-15H,2,5,8-10H2,1,3-4,6-7H3. The molecule has 1 rings (SSSR count). The lowest BCUT2D eigenvalue weighted by atomic mass is 9.97. The van der Waals surface area contributed by atoms with Crippen LogP contribution in [-0.2, 0) is 4.74 Å². The van der Waals surface area contributed by atoms with E-state index in [4.69, 9.17) is 4.74 Å². The van der Waals surface area contributed by atoms with Gasteiger partial charge in [-0.1, -0.05) is 0 Å². The van der Waals surface area contributed by atoms with Crippen molar-refractivity contribution in [2.45, 2.75) is 31.7 Å². The SMILES string of the molecule is C=P(C)(C)CCC1OC(C)C(O)C1CP(=C)(C)C. The molecular weight excluding hydrogens is 262 g/mol. The molecule has 0 amide bonds. The topological polar surface area (TPSA) is 29.5 Å². The van der Waals surface area contributed by atoms with Crippen LogP contribution in [0.3, 0.4) is 0 Å². The maximum atomic E-state index is 10.3. The second-order valence-electron chi connectivity index (χ2n) is 7.10. The summed E-state index contributed by atoms with van der Waals surface area (Å²) in [5.41, 5.74) is 0. The van der Waals surface area contributed by atoms with Crippen LogP contribution in [0.15, 0.2) is 0 Å². The first-order valence-electron chi connectivity index (χ1n) is 6.68. The van der Waals surface area contributed by atoms with E-state index in [9.17, 15) is 5.11 Å². The molecule has 1 N–H and O–H groups in total. The molecule has 1 heterocycles. The molecule has 1 fully saturated rings. The third-order valence-corrected chi connectivity index (χ3v) is 6.39. The van der Waals surface area contributed by atoms with E-state index in [1.165, 1.54) is 0 Å². The molecule has 108 valence electrons. The van der Waals surface area contributed by atoms with Gasteiger partial charge in [0.15, 0.2) is 0 Å². The lowest BCUT2D eigenvalue weighted by Crippen LogP contribution is -2.29. The predicted octanol–water partition coefficient (Wildman–Crippen LogP) is 2.56. The minimum atomic E-state index is -1.13. The highest BCUT2D eigenvalue weighted by molar-refractivity contribution is 7.72. The second kappa shape index (κ2) is 5.88.